The Kier molecular flexibility index (Phi) is 5.09. The molecule has 2 aliphatic heterocycles. The lowest BCUT2D eigenvalue weighted by Gasteiger charge is -2.51. The topological polar surface area (TPSA) is 6.48 Å². The molecular weight excluding hydrogens is 292 g/mol. The third kappa shape index (κ3) is 3.86. The molecule has 2 fully saturated rings. The Hall–Kier alpha value is -0.860. The fraction of sp³-hybridized carbons (Fsp3) is 0.727. The summed E-state index contributed by atoms with van der Waals surface area (Å²) >= 11 is 0. The van der Waals surface area contributed by atoms with Crippen LogP contribution < -0.4 is 0 Å². The van der Waals surface area contributed by atoms with Crippen molar-refractivity contribution >= 4 is 0 Å². The second kappa shape index (κ2) is 6.80. The quantitative estimate of drug-likeness (QED) is 0.781. The first kappa shape index (κ1) is 17.9. The molecule has 0 aliphatic carbocycles. The minimum absolute atomic E-state index is 0.350. The van der Waals surface area contributed by atoms with Gasteiger partial charge in [0.1, 0.15) is 0 Å². The molecule has 2 heteroatoms. The lowest BCUT2D eigenvalue weighted by Crippen LogP contribution is -2.60. The van der Waals surface area contributed by atoms with Gasteiger partial charge in [0.2, 0.25) is 0 Å². The van der Waals surface area contributed by atoms with Crippen LogP contribution in [0.3, 0.4) is 0 Å². The molecule has 1 aromatic rings. The van der Waals surface area contributed by atoms with Gasteiger partial charge >= 0.3 is 0 Å². The van der Waals surface area contributed by atoms with Gasteiger partial charge in [0.15, 0.2) is 0 Å². The van der Waals surface area contributed by atoms with Gasteiger partial charge in [-0.1, -0.05) is 45.0 Å². The van der Waals surface area contributed by atoms with Crippen molar-refractivity contribution in [3.8, 4) is 0 Å². The Balaban J connectivity index is 1.42. The Labute approximate surface area is 149 Å². The molecule has 0 N–H and O–H groups in total. The number of benzene rings is 1. The standard InChI is InChI=1S/C22H36N2/c1-16(2)17(3)19-7-9-20(10-8-19)21-14-23(15-21)11-18-12-24(13-18)22(4,5)6/h7-10,16-18,21H,11-15H2,1-6H3/t17-/m0/s1. The Morgan fingerprint density at radius 3 is 2.04 bits per heavy atom. The van der Waals surface area contributed by atoms with E-state index >= 15 is 0 Å². The summed E-state index contributed by atoms with van der Waals surface area (Å²) in [5.41, 5.74) is 3.38. The minimum Gasteiger partial charge on any atom is -0.302 e. The third-order valence-corrected chi connectivity index (χ3v) is 6.31. The van der Waals surface area contributed by atoms with Crippen LogP contribution in [0.15, 0.2) is 24.3 Å². The van der Waals surface area contributed by atoms with E-state index in [-0.39, 0.29) is 0 Å². The van der Waals surface area contributed by atoms with Crippen LogP contribution in [-0.2, 0) is 0 Å². The van der Waals surface area contributed by atoms with Crippen molar-refractivity contribution in [2.45, 2.75) is 58.9 Å². The van der Waals surface area contributed by atoms with E-state index in [2.05, 4.69) is 75.6 Å². The number of rotatable bonds is 5. The van der Waals surface area contributed by atoms with Gasteiger partial charge in [-0.05, 0) is 49.7 Å². The second-order valence-corrected chi connectivity index (χ2v) is 9.56. The summed E-state index contributed by atoms with van der Waals surface area (Å²) in [4.78, 5) is 5.25. The minimum atomic E-state index is 0.350. The van der Waals surface area contributed by atoms with E-state index < -0.39 is 0 Å². The molecule has 0 radical (unpaired) electrons. The van der Waals surface area contributed by atoms with Crippen molar-refractivity contribution in [1.82, 2.24) is 9.80 Å². The van der Waals surface area contributed by atoms with Gasteiger partial charge in [-0.25, -0.2) is 0 Å². The summed E-state index contributed by atoms with van der Waals surface area (Å²) in [5, 5.41) is 0. The number of hydrogen-bond donors (Lipinski definition) is 0. The van der Waals surface area contributed by atoms with Crippen molar-refractivity contribution in [3.63, 3.8) is 0 Å². The summed E-state index contributed by atoms with van der Waals surface area (Å²) in [6.07, 6.45) is 0. The van der Waals surface area contributed by atoms with Crippen molar-refractivity contribution in [2.24, 2.45) is 11.8 Å². The highest BCUT2D eigenvalue weighted by Crippen LogP contribution is 2.32. The molecule has 0 amide bonds. The SMILES string of the molecule is CC(C)[C@H](C)c1ccc(C2CN(CC3CN(C(C)(C)C)C3)C2)cc1. The maximum atomic E-state index is 2.65. The van der Waals surface area contributed by atoms with Crippen molar-refractivity contribution in [3.05, 3.63) is 35.4 Å². The molecule has 2 saturated heterocycles. The first-order valence-electron chi connectivity index (χ1n) is 9.81. The van der Waals surface area contributed by atoms with Gasteiger partial charge < -0.3 is 4.90 Å². The number of nitrogens with zero attached hydrogens (tertiary/aromatic N) is 2. The second-order valence-electron chi connectivity index (χ2n) is 9.56. The molecule has 1 aromatic carbocycles. The molecule has 1 atom stereocenters. The maximum absolute atomic E-state index is 2.65. The van der Waals surface area contributed by atoms with E-state index in [0.717, 1.165) is 11.8 Å². The summed E-state index contributed by atoms with van der Waals surface area (Å²) < 4.78 is 0. The molecule has 0 saturated carbocycles. The van der Waals surface area contributed by atoms with Gasteiger partial charge in [-0.15, -0.1) is 0 Å². The number of hydrogen-bond acceptors (Lipinski definition) is 2. The first-order chi connectivity index (χ1) is 11.2. The van der Waals surface area contributed by atoms with Crippen LogP contribution in [0.2, 0.25) is 0 Å². The van der Waals surface area contributed by atoms with E-state index in [1.54, 1.807) is 0 Å². The summed E-state index contributed by atoms with van der Waals surface area (Å²) in [6.45, 7) is 20.3. The molecule has 2 aliphatic rings. The van der Waals surface area contributed by atoms with E-state index in [0.29, 0.717) is 17.4 Å². The molecule has 24 heavy (non-hydrogen) atoms. The van der Waals surface area contributed by atoms with Crippen molar-refractivity contribution in [1.29, 1.82) is 0 Å². The summed E-state index contributed by atoms with van der Waals surface area (Å²) in [6, 6.07) is 9.47. The highest BCUT2D eigenvalue weighted by molar-refractivity contribution is 5.29. The molecular formula is C22H36N2. The van der Waals surface area contributed by atoms with Crippen LogP contribution in [-0.4, -0.2) is 48.1 Å². The Morgan fingerprint density at radius 2 is 1.54 bits per heavy atom. The van der Waals surface area contributed by atoms with Gasteiger partial charge in [0, 0.05) is 44.2 Å². The van der Waals surface area contributed by atoms with Gasteiger partial charge in [0.05, 0.1) is 0 Å². The normalized spacial score (nSPS) is 22.5. The largest absolute Gasteiger partial charge is 0.302 e. The lowest BCUT2D eigenvalue weighted by molar-refractivity contribution is -0.0144. The van der Waals surface area contributed by atoms with Crippen LogP contribution in [0, 0.1) is 11.8 Å². The zero-order valence-corrected chi connectivity index (χ0v) is 16.5. The monoisotopic (exact) mass is 328 g/mol. The molecule has 0 spiro atoms. The summed E-state index contributed by atoms with van der Waals surface area (Å²) in [7, 11) is 0. The molecule has 0 bridgehead atoms. The highest BCUT2D eigenvalue weighted by atomic mass is 15.3. The predicted molar refractivity (Wildman–Crippen MR) is 104 cm³/mol. The van der Waals surface area contributed by atoms with Crippen LogP contribution in [0.5, 0.6) is 0 Å². The fourth-order valence-corrected chi connectivity index (χ4v) is 3.98. The van der Waals surface area contributed by atoms with E-state index in [9.17, 15) is 0 Å². The van der Waals surface area contributed by atoms with Crippen molar-refractivity contribution in [2.75, 3.05) is 32.7 Å². The zero-order chi connectivity index (χ0) is 17.5. The smallest absolute Gasteiger partial charge is 0.0125 e. The van der Waals surface area contributed by atoms with Crippen LogP contribution in [0.25, 0.3) is 0 Å². The average molecular weight is 329 g/mol. The third-order valence-electron chi connectivity index (χ3n) is 6.31. The fourth-order valence-electron chi connectivity index (χ4n) is 3.98. The van der Waals surface area contributed by atoms with Crippen LogP contribution in [0.1, 0.15) is 64.5 Å². The van der Waals surface area contributed by atoms with Gasteiger partial charge in [0.25, 0.3) is 0 Å². The summed E-state index contributed by atoms with van der Waals surface area (Å²) in [5.74, 6) is 3.01. The van der Waals surface area contributed by atoms with Gasteiger partial charge in [-0.3, -0.25) is 4.90 Å². The van der Waals surface area contributed by atoms with E-state index in [1.807, 2.05) is 0 Å². The molecule has 2 nitrogen and oxygen atoms in total. The highest BCUT2D eigenvalue weighted by Gasteiger charge is 2.37. The first-order valence-corrected chi connectivity index (χ1v) is 9.81. The van der Waals surface area contributed by atoms with E-state index in [1.165, 1.54) is 43.9 Å². The average Bonchev–Trinajstić information content (AvgIpc) is 2.42. The molecule has 2 heterocycles. The van der Waals surface area contributed by atoms with Crippen LogP contribution >= 0.6 is 0 Å². The van der Waals surface area contributed by atoms with Crippen molar-refractivity contribution < 1.29 is 0 Å². The molecule has 134 valence electrons. The molecule has 3 rings (SSSR count). The Bertz CT molecular complexity index is 528. The molecule has 0 unspecified atom stereocenters. The van der Waals surface area contributed by atoms with E-state index in [4.69, 9.17) is 0 Å². The Morgan fingerprint density at radius 1 is 0.958 bits per heavy atom. The van der Waals surface area contributed by atoms with Gasteiger partial charge in [-0.2, -0.15) is 0 Å². The predicted octanol–water partition coefficient (Wildman–Crippen LogP) is 4.58. The van der Waals surface area contributed by atoms with Crippen LogP contribution in [0.4, 0.5) is 0 Å². The number of likely N-dealkylation sites (tertiary alicyclic amines) is 2. The molecule has 0 aromatic heterocycles. The maximum Gasteiger partial charge on any atom is 0.0125 e. The zero-order valence-electron chi connectivity index (χ0n) is 16.5. The lowest BCUT2D eigenvalue weighted by atomic mass is 9.85.